The monoisotopic (exact) mass is 255 g/mol. The second-order valence-electron chi connectivity index (χ2n) is 6.60. The Morgan fingerprint density at radius 3 is 2.61 bits per heavy atom. The number of esters is 1. The topological polar surface area (TPSA) is 38.3 Å². The summed E-state index contributed by atoms with van der Waals surface area (Å²) in [6.45, 7) is 8.80. The third-order valence-electron chi connectivity index (χ3n) is 3.44. The van der Waals surface area contributed by atoms with Crippen LogP contribution in [0, 0.1) is 5.92 Å². The third kappa shape index (κ3) is 7.00. The number of carbonyl (C=O) groups excluding carboxylic acids is 1. The van der Waals surface area contributed by atoms with Gasteiger partial charge in [-0.2, -0.15) is 0 Å². The molecule has 0 aromatic heterocycles. The van der Waals surface area contributed by atoms with Gasteiger partial charge >= 0.3 is 5.97 Å². The Kier molecular flexibility index (Phi) is 6.13. The Bertz CT molecular complexity index is 258. The zero-order valence-electron chi connectivity index (χ0n) is 12.4. The van der Waals surface area contributed by atoms with Crippen molar-refractivity contribution < 1.29 is 9.53 Å². The normalized spacial score (nSPS) is 25.6. The van der Waals surface area contributed by atoms with E-state index in [1.165, 1.54) is 32.1 Å². The molecule has 1 fully saturated rings. The summed E-state index contributed by atoms with van der Waals surface area (Å²) in [5, 5.41) is 3.50. The molecule has 1 aliphatic rings. The van der Waals surface area contributed by atoms with Crippen molar-refractivity contribution >= 4 is 5.97 Å². The van der Waals surface area contributed by atoms with Crippen LogP contribution in [0.2, 0.25) is 0 Å². The molecule has 1 rings (SSSR count). The zero-order valence-corrected chi connectivity index (χ0v) is 12.4. The highest BCUT2D eigenvalue weighted by atomic mass is 16.6. The van der Waals surface area contributed by atoms with Gasteiger partial charge in [0.2, 0.25) is 0 Å². The highest BCUT2D eigenvalue weighted by Crippen LogP contribution is 2.22. The van der Waals surface area contributed by atoms with Gasteiger partial charge < -0.3 is 10.1 Å². The SMILES string of the molecule is CC1CCCC(NCCC(=O)OC(C)(C)C)CC1. The number of hydrogen-bond acceptors (Lipinski definition) is 3. The van der Waals surface area contributed by atoms with E-state index in [1.54, 1.807) is 0 Å². The van der Waals surface area contributed by atoms with Crippen molar-refractivity contribution in [2.24, 2.45) is 5.92 Å². The van der Waals surface area contributed by atoms with Crippen LogP contribution >= 0.6 is 0 Å². The average Bonchev–Trinajstić information content (AvgIpc) is 2.41. The molecule has 0 radical (unpaired) electrons. The highest BCUT2D eigenvalue weighted by Gasteiger charge is 2.18. The summed E-state index contributed by atoms with van der Waals surface area (Å²) in [5.41, 5.74) is -0.366. The van der Waals surface area contributed by atoms with E-state index in [0.29, 0.717) is 12.5 Å². The lowest BCUT2D eigenvalue weighted by Crippen LogP contribution is -2.32. The minimum Gasteiger partial charge on any atom is -0.460 e. The van der Waals surface area contributed by atoms with Crippen LogP contribution in [0.15, 0.2) is 0 Å². The third-order valence-corrected chi connectivity index (χ3v) is 3.44. The van der Waals surface area contributed by atoms with Gasteiger partial charge in [0, 0.05) is 12.6 Å². The molecule has 3 nitrogen and oxygen atoms in total. The van der Waals surface area contributed by atoms with Gasteiger partial charge in [0.25, 0.3) is 0 Å². The molecule has 3 heteroatoms. The summed E-state index contributed by atoms with van der Waals surface area (Å²) < 4.78 is 5.29. The fourth-order valence-corrected chi connectivity index (χ4v) is 2.46. The molecule has 0 spiro atoms. The first-order chi connectivity index (χ1) is 8.37. The molecule has 106 valence electrons. The lowest BCUT2D eigenvalue weighted by atomic mass is 10.0. The molecule has 0 aromatic carbocycles. The van der Waals surface area contributed by atoms with Crippen molar-refractivity contribution in [1.29, 1.82) is 0 Å². The van der Waals surface area contributed by atoms with E-state index in [4.69, 9.17) is 4.74 Å². The van der Waals surface area contributed by atoms with Crippen LogP contribution in [0.1, 0.15) is 66.2 Å². The molecule has 1 aliphatic carbocycles. The van der Waals surface area contributed by atoms with Crippen LogP contribution in [0.4, 0.5) is 0 Å². The Labute approximate surface area is 112 Å². The number of ether oxygens (including phenoxy) is 1. The average molecular weight is 255 g/mol. The molecule has 18 heavy (non-hydrogen) atoms. The maximum absolute atomic E-state index is 11.6. The fourth-order valence-electron chi connectivity index (χ4n) is 2.46. The van der Waals surface area contributed by atoms with Crippen molar-refractivity contribution in [3.63, 3.8) is 0 Å². The van der Waals surface area contributed by atoms with E-state index in [1.807, 2.05) is 20.8 Å². The van der Waals surface area contributed by atoms with E-state index < -0.39 is 0 Å². The molecular weight excluding hydrogens is 226 g/mol. The molecular formula is C15H29NO2. The van der Waals surface area contributed by atoms with Crippen molar-refractivity contribution in [3.8, 4) is 0 Å². The van der Waals surface area contributed by atoms with Gasteiger partial charge in [0.15, 0.2) is 0 Å². The van der Waals surface area contributed by atoms with Crippen LogP contribution in [0.3, 0.4) is 0 Å². The van der Waals surface area contributed by atoms with E-state index >= 15 is 0 Å². The summed E-state index contributed by atoms with van der Waals surface area (Å²) >= 11 is 0. The van der Waals surface area contributed by atoms with Crippen molar-refractivity contribution in [2.75, 3.05) is 6.54 Å². The molecule has 0 bridgehead atoms. The minimum absolute atomic E-state index is 0.100. The Balaban J connectivity index is 2.15. The molecule has 0 aromatic rings. The van der Waals surface area contributed by atoms with Gasteiger partial charge in [-0.15, -0.1) is 0 Å². The van der Waals surface area contributed by atoms with Crippen LogP contribution in [0.5, 0.6) is 0 Å². The first-order valence-electron chi connectivity index (χ1n) is 7.32. The van der Waals surface area contributed by atoms with Crippen molar-refractivity contribution in [2.45, 2.75) is 77.9 Å². The number of hydrogen-bond donors (Lipinski definition) is 1. The summed E-state index contributed by atoms with van der Waals surface area (Å²) in [4.78, 5) is 11.6. The molecule has 2 unspecified atom stereocenters. The molecule has 1 N–H and O–H groups in total. The summed E-state index contributed by atoms with van der Waals surface area (Å²) in [5.74, 6) is 0.764. The van der Waals surface area contributed by atoms with Crippen molar-refractivity contribution in [3.05, 3.63) is 0 Å². The zero-order chi connectivity index (χ0) is 13.6. The quantitative estimate of drug-likeness (QED) is 0.619. The predicted molar refractivity (Wildman–Crippen MR) is 74.5 cm³/mol. The Morgan fingerprint density at radius 1 is 1.22 bits per heavy atom. The maximum Gasteiger partial charge on any atom is 0.307 e. The van der Waals surface area contributed by atoms with Crippen LogP contribution in [-0.4, -0.2) is 24.2 Å². The lowest BCUT2D eigenvalue weighted by Gasteiger charge is -2.20. The summed E-state index contributed by atoms with van der Waals surface area (Å²) in [6.07, 6.45) is 6.94. The van der Waals surface area contributed by atoms with Crippen LogP contribution < -0.4 is 5.32 Å². The molecule has 2 atom stereocenters. The largest absolute Gasteiger partial charge is 0.460 e. The fraction of sp³-hybridized carbons (Fsp3) is 0.933. The van der Waals surface area contributed by atoms with Gasteiger partial charge in [0.05, 0.1) is 6.42 Å². The van der Waals surface area contributed by atoms with Gasteiger partial charge in [-0.1, -0.05) is 19.8 Å². The summed E-state index contributed by atoms with van der Waals surface area (Å²) in [6, 6.07) is 0.595. The van der Waals surface area contributed by atoms with Crippen molar-refractivity contribution in [1.82, 2.24) is 5.32 Å². The van der Waals surface area contributed by atoms with Gasteiger partial charge in [0.1, 0.15) is 5.60 Å². The first kappa shape index (κ1) is 15.5. The second-order valence-corrected chi connectivity index (χ2v) is 6.60. The Hall–Kier alpha value is -0.570. The molecule has 0 aliphatic heterocycles. The molecule has 1 saturated carbocycles. The van der Waals surface area contributed by atoms with E-state index in [-0.39, 0.29) is 11.6 Å². The van der Waals surface area contributed by atoms with Crippen LogP contribution in [-0.2, 0) is 9.53 Å². The van der Waals surface area contributed by atoms with Crippen LogP contribution in [0.25, 0.3) is 0 Å². The lowest BCUT2D eigenvalue weighted by molar-refractivity contribution is -0.154. The Morgan fingerprint density at radius 2 is 1.94 bits per heavy atom. The first-order valence-corrected chi connectivity index (χ1v) is 7.32. The molecule has 0 amide bonds. The predicted octanol–water partition coefficient (Wildman–Crippen LogP) is 3.28. The van der Waals surface area contributed by atoms with E-state index in [9.17, 15) is 4.79 Å². The maximum atomic E-state index is 11.6. The van der Waals surface area contributed by atoms with Gasteiger partial charge in [-0.05, 0) is 46.0 Å². The number of nitrogens with one attached hydrogen (secondary N) is 1. The minimum atomic E-state index is -0.366. The number of rotatable bonds is 4. The smallest absolute Gasteiger partial charge is 0.307 e. The number of carbonyl (C=O) groups is 1. The van der Waals surface area contributed by atoms with Gasteiger partial charge in [-0.3, -0.25) is 4.79 Å². The standard InChI is InChI=1S/C15H29NO2/c1-12-6-5-7-13(9-8-12)16-11-10-14(17)18-15(2,3)4/h12-13,16H,5-11H2,1-4H3. The van der Waals surface area contributed by atoms with E-state index in [0.717, 1.165) is 12.5 Å². The van der Waals surface area contributed by atoms with Gasteiger partial charge in [-0.25, -0.2) is 0 Å². The highest BCUT2D eigenvalue weighted by molar-refractivity contribution is 5.70. The molecule has 0 heterocycles. The second kappa shape index (κ2) is 7.13. The van der Waals surface area contributed by atoms with E-state index in [2.05, 4.69) is 12.2 Å². The summed E-state index contributed by atoms with van der Waals surface area (Å²) in [7, 11) is 0. The molecule has 0 saturated heterocycles.